The van der Waals surface area contributed by atoms with E-state index in [1.54, 1.807) is 18.6 Å². The van der Waals surface area contributed by atoms with Crippen LogP contribution in [-0.2, 0) is 14.2 Å². The monoisotopic (exact) mass is 770 g/mol. The number of nitrogens with zero attached hydrogens (tertiary/aromatic N) is 7. The van der Waals surface area contributed by atoms with Crippen molar-refractivity contribution in [3.05, 3.63) is 61.9 Å². The number of hydrogen-bond acceptors (Lipinski definition) is 17. The van der Waals surface area contributed by atoms with Gasteiger partial charge < -0.3 is 52.3 Å². The number of halogens is 1. The lowest BCUT2D eigenvalue weighted by atomic mass is 10.2. The van der Waals surface area contributed by atoms with Crippen molar-refractivity contribution in [2.24, 2.45) is 0 Å². The first-order valence-corrected chi connectivity index (χ1v) is 15.2. The van der Waals surface area contributed by atoms with Crippen molar-refractivity contribution >= 4 is 61.4 Å². The van der Waals surface area contributed by atoms with E-state index in [2.05, 4.69) is 41.1 Å². The number of nitrogens with two attached hydrogens (primary N) is 4. The maximum absolute atomic E-state index is 10.7. The summed E-state index contributed by atoms with van der Waals surface area (Å²) in [5.74, 6) is 0. The minimum absolute atomic E-state index is 0. The molecular formula is C30H51BrN12O7. The molecule has 6 rings (SSSR count). The van der Waals surface area contributed by atoms with Crippen LogP contribution >= 0.6 is 15.9 Å². The number of morpholine rings is 3. The van der Waals surface area contributed by atoms with Gasteiger partial charge in [-0.15, -0.1) is 0 Å². The summed E-state index contributed by atoms with van der Waals surface area (Å²) in [5, 5.41) is 24.1. The Kier molecular flexibility index (Phi) is 21.5. The van der Waals surface area contributed by atoms with Gasteiger partial charge in [-0.1, -0.05) is 22.3 Å². The van der Waals surface area contributed by atoms with Crippen molar-refractivity contribution in [3.8, 4) is 0 Å². The SMILES string of the molecule is C.C.C.C1COCCN1.Nc1c(Br)cncc1[N+](=O)[O-].Nc1c(N2CCOCC2)cncc1[N+](=O)[O-].Nc1cncc(N2CCOCC2)c1N. The van der Waals surface area contributed by atoms with Crippen molar-refractivity contribution < 1.29 is 24.1 Å². The number of hydrogen-bond donors (Lipinski definition) is 5. The van der Waals surface area contributed by atoms with E-state index in [4.69, 9.17) is 37.1 Å². The van der Waals surface area contributed by atoms with Gasteiger partial charge in [0.05, 0.1) is 95.3 Å². The average molecular weight is 772 g/mol. The molecule has 3 aliphatic rings. The van der Waals surface area contributed by atoms with Gasteiger partial charge in [-0.2, -0.15) is 0 Å². The molecule has 9 N–H and O–H groups in total. The highest BCUT2D eigenvalue weighted by Crippen LogP contribution is 2.31. The van der Waals surface area contributed by atoms with Gasteiger partial charge in [-0.25, -0.2) is 0 Å². The lowest BCUT2D eigenvalue weighted by Crippen LogP contribution is -2.36. The first kappa shape index (κ1) is 45.4. The molecule has 0 saturated carbocycles. The minimum Gasteiger partial charge on any atom is -0.396 e. The fourth-order valence-electron chi connectivity index (χ4n) is 4.28. The fraction of sp³-hybridized carbons (Fsp3) is 0.500. The van der Waals surface area contributed by atoms with Crippen LogP contribution in [0.3, 0.4) is 0 Å². The average Bonchev–Trinajstić information content (AvgIpc) is 3.09. The second-order valence-electron chi connectivity index (χ2n) is 9.88. The molecule has 0 radical (unpaired) electrons. The predicted molar refractivity (Wildman–Crippen MR) is 201 cm³/mol. The number of anilines is 6. The Morgan fingerprint density at radius 1 is 0.620 bits per heavy atom. The predicted octanol–water partition coefficient (Wildman–Crippen LogP) is 3.34. The molecule has 6 heterocycles. The molecule has 0 aromatic carbocycles. The zero-order valence-electron chi connectivity index (χ0n) is 25.6. The molecule has 0 bridgehead atoms. The molecule has 20 heteroatoms. The molecule has 19 nitrogen and oxygen atoms in total. The Morgan fingerprint density at radius 2 is 1.02 bits per heavy atom. The highest BCUT2D eigenvalue weighted by molar-refractivity contribution is 9.10. The number of nitrogen functional groups attached to an aromatic ring is 4. The zero-order chi connectivity index (χ0) is 34.2. The molecule has 3 aromatic rings. The number of pyridine rings is 3. The molecule has 3 saturated heterocycles. The van der Waals surface area contributed by atoms with Gasteiger partial charge in [0.2, 0.25) is 0 Å². The van der Waals surface area contributed by atoms with Crippen LogP contribution in [-0.4, -0.2) is 104 Å². The van der Waals surface area contributed by atoms with Crippen LogP contribution in [0.2, 0.25) is 0 Å². The third-order valence-electron chi connectivity index (χ3n) is 6.80. The first-order chi connectivity index (χ1) is 22.6. The Hall–Kier alpha value is -4.63. The van der Waals surface area contributed by atoms with Gasteiger partial charge in [0.1, 0.15) is 23.8 Å². The zero-order valence-corrected chi connectivity index (χ0v) is 27.2. The molecule has 0 atom stereocenters. The summed E-state index contributed by atoms with van der Waals surface area (Å²) in [4.78, 5) is 35.4. The standard InChI is InChI=1S/C9H12N4O3.C9H14N4O.C5H4BrN3O2.C4H9NO.3CH4/c10-9-7(12-1-3-16-4-2-12)5-11-6-8(9)13(14)15;10-7-5-12-6-8(9(7)11)13-1-3-14-4-2-13;6-3-1-8-2-4(5(3)7)9(10)11;1-3-6-4-2-5-1;;;/h5-6H,1-4H2,(H2,10,11);5-6H,1-4,10H2,(H2,11,12);1-2H,(H2,7,8);5H,1-4H2;3*1H4. The van der Waals surface area contributed by atoms with E-state index in [0.29, 0.717) is 47.8 Å². The van der Waals surface area contributed by atoms with Gasteiger partial charge in [0, 0.05) is 45.5 Å². The second-order valence-corrected chi connectivity index (χ2v) is 10.7. The lowest BCUT2D eigenvalue weighted by Gasteiger charge is -2.29. The molecule has 0 amide bonds. The molecular weight excluding hydrogens is 720 g/mol. The summed E-state index contributed by atoms with van der Waals surface area (Å²) < 4.78 is 15.9. The molecule has 280 valence electrons. The summed E-state index contributed by atoms with van der Waals surface area (Å²) in [6, 6.07) is 0. The van der Waals surface area contributed by atoms with E-state index < -0.39 is 9.85 Å². The summed E-state index contributed by atoms with van der Waals surface area (Å²) >= 11 is 3.02. The molecule has 0 unspecified atom stereocenters. The van der Waals surface area contributed by atoms with Crippen molar-refractivity contribution in [1.82, 2.24) is 20.3 Å². The smallest absolute Gasteiger partial charge is 0.312 e. The van der Waals surface area contributed by atoms with E-state index in [-0.39, 0.29) is 45.0 Å². The summed E-state index contributed by atoms with van der Waals surface area (Å²) in [6.07, 6.45) is 8.55. The quantitative estimate of drug-likeness (QED) is 0.188. The number of ether oxygens (including phenoxy) is 3. The number of rotatable bonds is 4. The van der Waals surface area contributed by atoms with E-state index in [0.717, 1.165) is 64.5 Å². The normalized spacial score (nSPS) is 14.9. The molecule has 3 aromatic heterocycles. The molecule has 0 spiro atoms. The van der Waals surface area contributed by atoms with Gasteiger partial charge in [-0.3, -0.25) is 35.2 Å². The lowest BCUT2D eigenvalue weighted by molar-refractivity contribution is -0.384. The van der Waals surface area contributed by atoms with Crippen LogP contribution in [0.1, 0.15) is 22.3 Å². The molecule has 50 heavy (non-hydrogen) atoms. The van der Waals surface area contributed by atoms with Crippen LogP contribution in [0.25, 0.3) is 0 Å². The second kappa shape index (κ2) is 23.7. The third-order valence-corrected chi connectivity index (χ3v) is 7.44. The van der Waals surface area contributed by atoms with E-state index >= 15 is 0 Å². The molecule has 3 fully saturated rings. The van der Waals surface area contributed by atoms with Crippen LogP contribution < -0.4 is 38.1 Å². The van der Waals surface area contributed by atoms with Gasteiger partial charge in [0.15, 0.2) is 0 Å². The first-order valence-electron chi connectivity index (χ1n) is 14.5. The summed E-state index contributed by atoms with van der Waals surface area (Å²) in [7, 11) is 0. The van der Waals surface area contributed by atoms with Crippen LogP contribution in [0, 0.1) is 20.2 Å². The Bertz CT molecular complexity index is 1450. The fourth-order valence-corrected chi connectivity index (χ4v) is 4.60. The van der Waals surface area contributed by atoms with Crippen molar-refractivity contribution in [2.45, 2.75) is 22.3 Å². The van der Waals surface area contributed by atoms with Gasteiger partial charge >= 0.3 is 11.4 Å². The highest BCUT2D eigenvalue weighted by Gasteiger charge is 2.21. The van der Waals surface area contributed by atoms with Crippen molar-refractivity contribution in [3.63, 3.8) is 0 Å². The third kappa shape index (κ3) is 13.7. The highest BCUT2D eigenvalue weighted by atomic mass is 79.9. The van der Waals surface area contributed by atoms with Crippen LogP contribution in [0.15, 0.2) is 41.7 Å². The van der Waals surface area contributed by atoms with Crippen molar-refractivity contribution in [1.29, 1.82) is 0 Å². The summed E-state index contributed by atoms with van der Waals surface area (Å²) in [6.45, 7) is 9.53. The summed E-state index contributed by atoms with van der Waals surface area (Å²) in [5.41, 5.74) is 25.3. The van der Waals surface area contributed by atoms with E-state index in [9.17, 15) is 20.2 Å². The van der Waals surface area contributed by atoms with E-state index in [1.165, 1.54) is 12.4 Å². The minimum atomic E-state index is -0.576. The Balaban J connectivity index is 0.000000654. The molecule has 3 aliphatic heterocycles. The van der Waals surface area contributed by atoms with Crippen LogP contribution in [0.4, 0.5) is 45.5 Å². The Morgan fingerprint density at radius 3 is 1.42 bits per heavy atom. The van der Waals surface area contributed by atoms with Crippen LogP contribution in [0.5, 0.6) is 0 Å². The largest absolute Gasteiger partial charge is 0.396 e. The number of nitrogens with one attached hydrogen (secondary N) is 1. The maximum Gasteiger partial charge on any atom is 0.312 e. The van der Waals surface area contributed by atoms with E-state index in [1.807, 2.05) is 4.90 Å². The Labute approximate surface area is 301 Å². The topological polar surface area (TPSA) is 275 Å². The number of nitro groups is 2. The van der Waals surface area contributed by atoms with Gasteiger partial charge in [0.25, 0.3) is 0 Å². The van der Waals surface area contributed by atoms with Crippen molar-refractivity contribution in [2.75, 3.05) is 112 Å². The van der Waals surface area contributed by atoms with Gasteiger partial charge in [-0.05, 0) is 15.9 Å². The number of aromatic nitrogens is 3. The molecule has 0 aliphatic carbocycles. The maximum atomic E-state index is 10.7.